The standard InChI is InChI=1S/C22H18F2N2O2/c1-13-9-20(26-22(28)16-6-4-8-18(24)12-16)14(2)10-19(13)25-21(27)15-5-3-7-17(23)11-15/h3-12H,1-2H3,(H,25,27)(H,26,28). The van der Waals surface area contributed by atoms with E-state index in [1.807, 2.05) is 0 Å². The smallest absolute Gasteiger partial charge is 0.255 e. The van der Waals surface area contributed by atoms with Crippen LogP contribution in [0.1, 0.15) is 31.8 Å². The summed E-state index contributed by atoms with van der Waals surface area (Å²) < 4.78 is 26.6. The molecule has 0 aliphatic carbocycles. The van der Waals surface area contributed by atoms with Gasteiger partial charge in [-0.25, -0.2) is 8.78 Å². The Kier molecular flexibility index (Phi) is 5.49. The first-order valence-electron chi connectivity index (χ1n) is 8.58. The van der Waals surface area contributed by atoms with E-state index in [-0.39, 0.29) is 11.1 Å². The lowest BCUT2D eigenvalue weighted by Gasteiger charge is -2.14. The second kappa shape index (κ2) is 8.00. The minimum Gasteiger partial charge on any atom is -0.322 e. The molecule has 28 heavy (non-hydrogen) atoms. The van der Waals surface area contributed by atoms with E-state index in [1.165, 1.54) is 36.4 Å². The van der Waals surface area contributed by atoms with Crippen LogP contribution in [0.4, 0.5) is 20.2 Å². The largest absolute Gasteiger partial charge is 0.322 e. The van der Waals surface area contributed by atoms with Crippen molar-refractivity contribution in [2.24, 2.45) is 0 Å². The van der Waals surface area contributed by atoms with Crippen molar-refractivity contribution in [2.75, 3.05) is 10.6 Å². The average molecular weight is 380 g/mol. The van der Waals surface area contributed by atoms with Gasteiger partial charge in [-0.3, -0.25) is 9.59 Å². The van der Waals surface area contributed by atoms with Crippen molar-refractivity contribution in [3.05, 3.63) is 94.6 Å². The molecule has 3 aromatic rings. The van der Waals surface area contributed by atoms with Crippen LogP contribution in [-0.2, 0) is 0 Å². The third kappa shape index (κ3) is 4.40. The van der Waals surface area contributed by atoms with Gasteiger partial charge >= 0.3 is 0 Å². The molecule has 0 spiro atoms. The number of amides is 2. The molecule has 0 saturated heterocycles. The van der Waals surface area contributed by atoms with Crippen LogP contribution in [-0.4, -0.2) is 11.8 Å². The fourth-order valence-corrected chi connectivity index (χ4v) is 2.73. The molecule has 0 fully saturated rings. The van der Waals surface area contributed by atoms with E-state index in [9.17, 15) is 18.4 Å². The summed E-state index contributed by atoms with van der Waals surface area (Å²) in [5.41, 5.74) is 2.95. The molecule has 0 atom stereocenters. The molecule has 0 aromatic heterocycles. The van der Waals surface area contributed by atoms with Gasteiger partial charge in [-0.05, 0) is 73.5 Å². The topological polar surface area (TPSA) is 58.2 Å². The minimum atomic E-state index is -0.490. The van der Waals surface area contributed by atoms with Gasteiger partial charge in [-0.1, -0.05) is 12.1 Å². The molecule has 2 N–H and O–H groups in total. The van der Waals surface area contributed by atoms with Crippen molar-refractivity contribution in [3.63, 3.8) is 0 Å². The summed E-state index contributed by atoms with van der Waals surface area (Å²) in [5.74, 6) is -1.84. The number of nitrogens with one attached hydrogen (secondary N) is 2. The maximum Gasteiger partial charge on any atom is 0.255 e. The van der Waals surface area contributed by atoms with E-state index in [1.54, 1.807) is 26.0 Å². The SMILES string of the molecule is Cc1cc(NC(=O)c2cccc(F)c2)c(C)cc1NC(=O)c1cccc(F)c1. The number of rotatable bonds is 4. The summed E-state index contributed by atoms with van der Waals surface area (Å²) in [5, 5.41) is 5.49. The number of hydrogen-bond acceptors (Lipinski definition) is 2. The van der Waals surface area contributed by atoms with Crippen molar-refractivity contribution in [1.29, 1.82) is 0 Å². The van der Waals surface area contributed by atoms with E-state index >= 15 is 0 Å². The third-order valence-electron chi connectivity index (χ3n) is 4.24. The fraction of sp³-hybridized carbons (Fsp3) is 0.0909. The molecule has 0 heterocycles. The fourth-order valence-electron chi connectivity index (χ4n) is 2.73. The Hall–Kier alpha value is -3.54. The van der Waals surface area contributed by atoms with Gasteiger partial charge in [0.15, 0.2) is 0 Å². The van der Waals surface area contributed by atoms with Crippen molar-refractivity contribution < 1.29 is 18.4 Å². The molecule has 142 valence electrons. The molecule has 2 amide bonds. The van der Waals surface area contributed by atoms with Gasteiger partial charge in [0.25, 0.3) is 11.8 Å². The molecule has 0 bridgehead atoms. The van der Waals surface area contributed by atoms with Crippen molar-refractivity contribution >= 4 is 23.2 Å². The predicted molar refractivity (Wildman–Crippen MR) is 105 cm³/mol. The van der Waals surface area contributed by atoms with Crippen molar-refractivity contribution in [2.45, 2.75) is 13.8 Å². The predicted octanol–water partition coefficient (Wildman–Crippen LogP) is 5.09. The van der Waals surface area contributed by atoms with E-state index in [2.05, 4.69) is 10.6 Å². The summed E-state index contributed by atoms with van der Waals surface area (Å²) in [6.07, 6.45) is 0. The maximum absolute atomic E-state index is 13.3. The van der Waals surface area contributed by atoms with Crippen molar-refractivity contribution in [3.8, 4) is 0 Å². The third-order valence-corrected chi connectivity index (χ3v) is 4.24. The first-order chi connectivity index (χ1) is 13.3. The zero-order valence-corrected chi connectivity index (χ0v) is 15.3. The van der Waals surface area contributed by atoms with Crippen LogP contribution in [0, 0.1) is 25.5 Å². The second-order valence-corrected chi connectivity index (χ2v) is 6.41. The highest BCUT2D eigenvalue weighted by Crippen LogP contribution is 2.25. The number of benzene rings is 3. The van der Waals surface area contributed by atoms with Crippen LogP contribution in [0.2, 0.25) is 0 Å². The van der Waals surface area contributed by atoms with Crippen LogP contribution in [0.15, 0.2) is 60.7 Å². The van der Waals surface area contributed by atoms with Gasteiger partial charge in [-0.2, -0.15) is 0 Å². The van der Waals surface area contributed by atoms with Gasteiger partial charge in [0, 0.05) is 22.5 Å². The van der Waals surface area contributed by atoms with Crippen LogP contribution < -0.4 is 10.6 Å². The first-order valence-corrected chi connectivity index (χ1v) is 8.58. The molecular weight excluding hydrogens is 362 g/mol. The summed E-state index contributed by atoms with van der Waals surface area (Å²) >= 11 is 0. The van der Waals surface area contributed by atoms with Gasteiger partial charge in [0.2, 0.25) is 0 Å². The van der Waals surface area contributed by atoms with Crippen LogP contribution in [0.3, 0.4) is 0 Å². The van der Waals surface area contributed by atoms with Gasteiger partial charge in [0.1, 0.15) is 11.6 Å². The molecule has 0 aliphatic rings. The lowest BCUT2D eigenvalue weighted by atomic mass is 10.1. The minimum absolute atomic E-state index is 0.209. The van der Waals surface area contributed by atoms with E-state index < -0.39 is 23.4 Å². The molecule has 3 aromatic carbocycles. The lowest BCUT2D eigenvalue weighted by Crippen LogP contribution is -2.15. The molecule has 6 heteroatoms. The lowest BCUT2D eigenvalue weighted by molar-refractivity contribution is 0.101. The molecule has 0 unspecified atom stereocenters. The molecular formula is C22H18F2N2O2. The van der Waals surface area contributed by atoms with Crippen LogP contribution >= 0.6 is 0 Å². The van der Waals surface area contributed by atoms with E-state index in [4.69, 9.17) is 0 Å². The highest BCUT2D eigenvalue weighted by molar-refractivity contribution is 6.06. The first kappa shape index (κ1) is 19.2. The zero-order valence-electron chi connectivity index (χ0n) is 15.3. The van der Waals surface area contributed by atoms with Crippen LogP contribution in [0.5, 0.6) is 0 Å². The molecule has 0 saturated carbocycles. The summed E-state index contributed by atoms with van der Waals surface area (Å²) in [6, 6.07) is 14.3. The number of hydrogen-bond donors (Lipinski definition) is 2. The Bertz CT molecular complexity index is 979. The highest BCUT2D eigenvalue weighted by atomic mass is 19.1. The number of anilines is 2. The average Bonchev–Trinajstić information content (AvgIpc) is 2.65. The molecule has 0 aliphatic heterocycles. The molecule has 3 rings (SSSR count). The Morgan fingerprint density at radius 2 is 1.07 bits per heavy atom. The van der Waals surface area contributed by atoms with E-state index in [0.717, 1.165) is 12.1 Å². The van der Waals surface area contributed by atoms with Crippen LogP contribution in [0.25, 0.3) is 0 Å². The molecule has 4 nitrogen and oxygen atoms in total. The quantitative estimate of drug-likeness (QED) is 0.663. The number of halogens is 2. The number of carbonyl (C=O) groups is 2. The van der Waals surface area contributed by atoms with E-state index in [0.29, 0.717) is 22.5 Å². The highest BCUT2D eigenvalue weighted by Gasteiger charge is 2.13. The summed E-state index contributed by atoms with van der Waals surface area (Å²) in [7, 11) is 0. The summed E-state index contributed by atoms with van der Waals surface area (Å²) in [6.45, 7) is 3.55. The van der Waals surface area contributed by atoms with Gasteiger partial charge in [0.05, 0.1) is 0 Å². The maximum atomic E-state index is 13.3. The Balaban J connectivity index is 1.79. The number of aryl methyl sites for hydroxylation is 2. The Morgan fingerprint density at radius 3 is 1.43 bits per heavy atom. The number of carbonyl (C=O) groups excluding carboxylic acids is 2. The molecule has 0 radical (unpaired) electrons. The second-order valence-electron chi connectivity index (χ2n) is 6.41. The van der Waals surface area contributed by atoms with Gasteiger partial charge in [-0.15, -0.1) is 0 Å². The monoisotopic (exact) mass is 380 g/mol. The summed E-state index contributed by atoms with van der Waals surface area (Å²) in [4.78, 5) is 24.7. The van der Waals surface area contributed by atoms with Gasteiger partial charge < -0.3 is 10.6 Å². The Labute approximate surface area is 161 Å². The van der Waals surface area contributed by atoms with Crippen molar-refractivity contribution in [1.82, 2.24) is 0 Å². The normalized spacial score (nSPS) is 10.4. The zero-order chi connectivity index (χ0) is 20.3. The Morgan fingerprint density at radius 1 is 0.679 bits per heavy atom.